The summed E-state index contributed by atoms with van der Waals surface area (Å²) in [6, 6.07) is 4.22. The maximum absolute atomic E-state index is 9.24. The highest BCUT2D eigenvalue weighted by Crippen LogP contribution is 2.33. The molecule has 0 amide bonds. The lowest BCUT2D eigenvalue weighted by Gasteiger charge is -2.39. The van der Waals surface area contributed by atoms with Gasteiger partial charge < -0.3 is 9.84 Å². The smallest absolute Gasteiger partial charge is 0.0701 e. The van der Waals surface area contributed by atoms with E-state index in [1.807, 2.05) is 11.8 Å². The van der Waals surface area contributed by atoms with Gasteiger partial charge in [-0.1, -0.05) is 0 Å². The van der Waals surface area contributed by atoms with Gasteiger partial charge in [-0.3, -0.25) is 0 Å². The summed E-state index contributed by atoms with van der Waals surface area (Å²) in [5.41, 5.74) is 0.0408. The van der Waals surface area contributed by atoms with Crippen molar-refractivity contribution in [2.24, 2.45) is 5.41 Å². The molecule has 2 rings (SSSR count). The first-order valence-corrected chi connectivity index (χ1v) is 7.51. The third-order valence-electron chi connectivity index (χ3n) is 2.43. The van der Waals surface area contributed by atoms with Gasteiger partial charge in [0.05, 0.1) is 23.6 Å². The molecule has 0 atom stereocenters. The van der Waals surface area contributed by atoms with E-state index in [0.29, 0.717) is 13.2 Å². The van der Waals surface area contributed by atoms with Crippen molar-refractivity contribution in [2.45, 2.75) is 5.75 Å². The van der Waals surface area contributed by atoms with Crippen LogP contribution < -0.4 is 0 Å². The molecule has 15 heavy (non-hydrogen) atoms. The molecule has 0 aromatic carbocycles. The van der Waals surface area contributed by atoms with Crippen molar-refractivity contribution >= 4 is 39.0 Å². The average Bonchev–Trinajstić information content (AvgIpc) is 2.56. The summed E-state index contributed by atoms with van der Waals surface area (Å²) in [5.74, 6) is 2.01. The fourth-order valence-corrected chi connectivity index (χ4v) is 4.26. The fourth-order valence-electron chi connectivity index (χ4n) is 1.41. The number of ether oxygens (including phenoxy) is 1. The van der Waals surface area contributed by atoms with Crippen molar-refractivity contribution in [1.82, 2.24) is 0 Å². The highest BCUT2D eigenvalue weighted by molar-refractivity contribution is 9.11. The van der Waals surface area contributed by atoms with Gasteiger partial charge in [0.2, 0.25) is 0 Å². The van der Waals surface area contributed by atoms with Crippen LogP contribution in [0, 0.1) is 5.41 Å². The van der Waals surface area contributed by atoms with Gasteiger partial charge in [-0.25, -0.2) is 0 Å². The summed E-state index contributed by atoms with van der Waals surface area (Å²) < 4.78 is 6.34. The Bertz CT molecular complexity index is 317. The highest BCUT2D eigenvalue weighted by atomic mass is 79.9. The molecule has 1 aromatic heterocycles. The molecule has 84 valence electrons. The molecule has 2 heterocycles. The van der Waals surface area contributed by atoms with Gasteiger partial charge in [0.1, 0.15) is 0 Å². The summed E-state index contributed by atoms with van der Waals surface area (Å²) >= 11 is 7.10. The van der Waals surface area contributed by atoms with Crippen LogP contribution in [0.5, 0.6) is 0 Å². The van der Waals surface area contributed by atoms with Crippen LogP contribution in [-0.4, -0.2) is 30.7 Å². The number of thiophene rings is 1. The Labute approximate surface area is 106 Å². The summed E-state index contributed by atoms with van der Waals surface area (Å²) in [5, 5.41) is 9.24. The molecular weight excluding hydrogens is 296 g/mol. The van der Waals surface area contributed by atoms with Crippen LogP contribution in [0.15, 0.2) is 15.9 Å². The Morgan fingerprint density at radius 1 is 1.53 bits per heavy atom. The van der Waals surface area contributed by atoms with Gasteiger partial charge in [-0.05, 0) is 28.1 Å². The molecule has 1 aromatic rings. The zero-order chi connectivity index (χ0) is 10.7. The summed E-state index contributed by atoms with van der Waals surface area (Å²) in [7, 11) is 0. The second-order valence-corrected chi connectivity index (χ2v) is 7.38. The molecule has 1 aliphatic rings. The predicted octanol–water partition coefficient (Wildman–Crippen LogP) is 2.75. The molecule has 1 N–H and O–H groups in total. The van der Waals surface area contributed by atoms with E-state index >= 15 is 0 Å². The zero-order valence-electron chi connectivity index (χ0n) is 8.24. The van der Waals surface area contributed by atoms with E-state index in [2.05, 4.69) is 28.1 Å². The Balaban J connectivity index is 1.74. The van der Waals surface area contributed by atoms with Crippen molar-refractivity contribution in [3.8, 4) is 0 Å². The van der Waals surface area contributed by atoms with Crippen molar-refractivity contribution < 1.29 is 9.84 Å². The normalized spacial score (nSPS) is 18.8. The fraction of sp³-hybridized carbons (Fsp3) is 0.600. The summed E-state index contributed by atoms with van der Waals surface area (Å²) in [6.45, 7) is 1.67. The van der Waals surface area contributed by atoms with Crippen LogP contribution in [0.4, 0.5) is 0 Å². The molecular formula is C10H13BrO2S2. The number of thioether (sulfide) groups is 1. The lowest BCUT2D eigenvalue weighted by atomic mass is 9.90. The number of aliphatic hydroxyl groups excluding tert-OH is 1. The van der Waals surface area contributed by atoms with E-state index in [9.17, 15) is 5.11 Å². The van der Waals surface area contributed by atoms with E-state index in [1.54, 1.807) is 11.3 Å². The Morgan fingerprint density at radius 3 is 2.80 bits per heavy atom. The van der Waals surface area contributed by atoms with Crippen molar-refractivity contribution in [1.29, 1.82) is 0 Å². The molecule has 0 bridgehead atoms. The maximum atomic E-state index is 9.24. The molecule has 0 aliphatic carbocycles. The third-order valence-corrected chi connectivity index (χ3v) is 5.57. The zero-order valence-corrected chi connectivity index (χ0v) is 11.5. The lowest BCUT2D eigenvalue weighted by molar-refractivity contribution is -0.121. The third kappa shape index (κ3) is 2.97. The second kappa shape index (κ2) is 5.19. The van der Waals surface area contributed by atoms with E-state index in [1.165, 1.54) is 8.66 Å². The molecule has 1 saturated heterocycles. The first-order chi connectivity index (χ1) is 7.24. The molecule has 0 radical (unpaired) electrons. The quantitative estimate of drug-likeness (QED) is 0.907. The van der Waals surface area contributed by atoms with E-state index in [4.69, 9.17) is 4.74 Å². The highest BCUT2D eigenvalue weighted by Gasteiger charge is 2.37. The van der Waals surface area contributed by atoms with Crippen LogP contribution >= 0.6 is 39.0 Å². The largest absolute Gasteiger partial charge is 0.396 e. The molecule has 2 nitrogen and oxygen atoms in total. The maximum Gasteiger partial charge on any atom is 0.0701 e. The standard InChI is InChI=1S/C10H13BrO2S2/c11-9-2-1-8(15-9)3-14-7-10(4-12)5-13-6-10/h1-2,12H,3-7H2. The van der Waals surface area contributed by atoms with Gasteiger partial charge in [0.15, 0.2) is 0 Å². The van der Waals surface area contributed by atoms with Gasteiger partial charge in [0, 0.05) is 21.8 Å². The Hall–Kier alpha value is 0.450. The minimum atomic E-state index is 0.0408. The number of hydrogen-bond acceptors (Lipinski definition) is 4. The summed E-state index contributed by atoms with van der Waals surface area (Å²) in [6.07, 6.45) is 0. The number of rotatable bonds is 5. The molecule has 5 heteroatoms. The van der Waals surface area contributed by atoms with Crippen LogP contribution in [0.25, 0.3) is 0 Å². The van der Waals surface area contributed by atoms with Gasteiger partial charge in [0.25, 0.3) is 0 Å². The minimum absolute atomic E-state index is 0.0408. The van der Waals surface area contributed by atoms with Crippen LogP contribution in [-0.2, 0) is 10.5 Å². The summed E-state index contributed by atoms with van der Waals surface area (Å²) in [4.78, 5) is 1.38. The second-order valence-electron chi connectivity index (χ2n) is 3.85. The molecule has 1 aliphatic heterocycles. The molecule has 1 fully saturated rings. The predicted molar refractivity (Wildman–Crippen MR) is 68.5 cm³/mol. The Morgan fingerprint density at radius 2 is 2.33 bits per heavy atom. The first-order valence-electron chi connectivity index (χ1n) is 4.75. The van der Waals surface area contributed by atoms with Crippen molar-refractivity contribution in [3.05, 3.63) is 20.8 Å². The van der Waals surface area contributed by atoms with Crippen molar-refractivity contribution in [3.63, 3.8) is 0 Å². The van der Waals surface area contributed by atoms with E-state index < -0.39 is 0 Å². The first kappa shape index (κ1) is 11.9. The van der Waals surface area contributed by atoms with E-state index in [0.717, 1.165) is 11.5 Å². The van der Waals surface area contributed by atoms with Crippen LogP contribution in [0.1, 0.15) is 4.88 Å². The monoisotopic (exact) mass is 308 g/mol. The van der Waals surface area contributed by atoms with Gasteiger partial charge in [-0.2, -0.15) is 11.8 Å². The van der Waals surface area contributed by atoms with Gasteiger partial charge in [-0.15, -0.1) is 11.3 Å². The number of aliphatic hydroxyl groups is 1. The molecule has 0 unspecified atom stereocenters. The average molecular weight is 309 g/mol. The number of halogens is 1. The Kier molecular flexibility index (Phi) is 4.12. The lowest BCUT2D eigenvalue weighted by Crippen LogP contribution is -2.47. The van der Waals surface area contributed by atoms with Crippen LogP contribution in [0.2, 0.25) is 0 Å². The van der Waals surface area contributed by atoms with Gasteiger partial charge >= 0.3 is 0 Å². The minimum Gasteiger partial charge on any atom is -0.396 e. The number of hydrogen-bond donors (Lipinski definition) is 1. The SMILES string of the molecule is OCC1(CSCc2ccc(Br)s2)COC1. The molecule has 0 spiro atoms. The molecule has 0 saturated carbocycles. The van der Waals surface area contributed by atoms with E-state index in [-0.39, 0.29) is 12.0 Å². The van der Waals surface area contributed by atoms with Crippen molar-refractivity contribution in [2.75, 3.05) is 25.6 Å². The van der Waals surface area contributed by atoms with Crippen LogP contribution in [0.3, 0.4) is 0 Å². The topological polar surface area (TPSA) is 29.5 Å².